The normalized spacial score (nSPS) is 17.0. The van der Waals surface area contributed by atoms with Crippen molar-refractivity contribution in [2.75, 3.05) is 13.1 Å². The quantitative estimate of drug-likeness (QED) is 0.140. The van der Waals surface area contributed by atoms with E-state index in [4.69, 9.17) is 9.97 Å². The standard InChI is InChI=1S/C47H41N5O3S3/c53-42(28-31-10-3-1-4-11-31)51-25-7-14-37(51)45-48-29-40(57-45)34-21-17-32(18-22-34)33-19-23-35(24-20-33)41-30-49-46(58-41)38-15-8-26-52(38)47(55)43(36-12-5-2-6-13-36)50-44(54)39-16-9-27-56-39/h1-6,9-13,16-24,27,29-30,37-38,43H,7-8,14-15,25-26,28H2,(H,50,54)/t37-,38-,43-/m0/s1. The summed E-state index contributed by atoms with van der Waals surface area (Å²) < 4.78 is 0. The van der Waals surface area contributed by atoms with E-state index >= 15 is 0 Å². The van der Waals surface area contributed by atoms with Crippen LogP contribution in [-0.4, -0.2) is 50.6 Å². The summed E-state index contributed by atoms with van der Waals surface area (Å²) in [6.45, 7) is 1.39. The van der Waals surface area contributed by atoms with Gasteiger partial charge >= 0.3 is 0 Å². The van der Waals surface area contributed by atoms with Gasteiger partial charge in [0.15, 0.2) is 0 Å². The Morgan fingerprint density at radius 2 is 1.17 bits per heavy atom. The Kier molecular flexibility index (Phi) is 11.1. The molecule has 0 aliphatic carbocycles. The van der Waals surface area contributed by atoms with Crippen molar-refractivity contribution in [3.05, 3.63) is 165 Å². The third-order valence-electron chi connectivity index (χ3n) is 11.0. The van der Waals surface area contributed by atoms with Crippen LogP contribution in [0.1, 0.15) is 74.6 Å². The van der Waals surface area contributed by atoms with Gasteiger partial charge in [0.25, 0.3) is 5.91 Å². The zero-order valence-corrected chi connectivity index (χ0v) is 34.1. The van der Waals surface area contributed by atoms with E-state index in [0.29, 0.717) is 17.8 Å². The van der Waals surface area contributed by atoms with Crippen LogP contribution in [0.5, 0.6) is 0 Å². The molecule has 7 aromatic rings. The van der Waals surface area contributed by atoms with E-state index in [1.54, 1.807) is 28.7 Å². The molecular weight excluding hydrogens is 779 g/mol. The maximum atomic E-state index is 14.2. The topological polar surface area (TPSA) is 95.5 Å². The van der Waals surface area contributed by atoms with Gasteiger partial charge in [-0.1, -0.05) is 115 Å². The zero-order chi connectivity index (χ0) is 39.4. The van der Waals surface area contributed by atoms with Crippen LogP contribution in [0.15, 0.2) is 139 Å². The Bertz CT molecular complexity index is 2500. The van der Waals surface area contributed by atoms with Gasteiger partial charge in [0.05, 0.1) is 33.1 Å². The molecule has 9 rings (SSSR count). The number of carbonyl (C=O) groups excluding carboxylic acids is 3. The van der Waals surface area contributed by atoms with Gasteiger partial charge in [0.1, 0.15) is 16.1 Å². The first-order valence-corrected chi connectivity index (χ1v) is 22.2. The zero-order valence-electron chi connectivity index (χ0n) is 31.7. The van der Waals surface area contributed by atoms with Crippen LogP contribution in [0.3, 0.4) is 0 Å². The van der Waals surface area contributed by atoms with E-state index in [2.05, 4.69) is 53.8 Å². The maximum Gasteiger partial charge on any atom is 0.262 e. The largest absolute Gasteiger partial charge is 0.336 e. The Morgan fingerprint density at radius 3 is 1.74 bits per heavy atom. The van der Waals surface area contributed by atoms with Crippen LogP contribution in [-0.2, 0) is 16.0 Å². The van der Waals surface area contributed by atoms with Gasteiger partial charge in [-0.05, 0) is 70.5 Å². The van der Waals surface area contributed by atoms with Crippen LogP contribution in [0, 0.1) is 0 Å². The summed E-state index contributed by atoms with van der Waals surface area (Å²) >= 11 is 4.66. The third-order valence-corrected chi connectivity index (χ3v) is 14.2. The molecule has 3 amide bonds. The highest BCUT2D eigenvalue weighted by Crippen LogP contribution is 2.40. The first-order chi connectivity index (χ1) is 28.5. The summed E-state index contributed by atoms with van der Waals surface area (Å²) in [5.74, 6) is -0.207. The minimum Gasteiger partial charge on any atom is -0.336 e. The fraction of sp³-hybridized carbons (Fsp3) is 0.213. The second kappa shape index (κ2) is 17.0. The number of hydrogen-bond acceptors (Lipinski definition) is 8. The number of benzene rings is 4. The summed E-state index contributed by atoms with van der Waals surface area (Å²) in [6, 6.07) is 39.3. The van der Waals surface area contributed by atoms with E-state index in [1.807, 2.05) is 94.3 Å². The molecule has 0 unspecified atom stereocenters. The van der Waals surface area contributed by atoms with E-state index in [0.717, 1.165) is 85.4 Å². The van der Waals surface area contributed by atoms with Crippen molar-refractivity contribution in [1.82, 2.24) is 25.1 Å². The number of nitrogens with zero attached hydrogens (tertiary/aromatic N) is 4. The Labute approximate surface area is 349 Å². The van der Waals surface area contributed by atoms with Crippen LogP contribution >= 0.6 is 34.0 Å². The molecule has 2 fully saturated rings. The van der Waals surface area contributed by atoms with Gasteiger partial charge in [-0.3, -0.25) is 14.4 Å². The van der Waals surface area contributed by atoms with Crippen molar-refractivity contribution >= 4 is 51.7 Å². The highest BCUT2D eigenvalue weighted by atomic mass is 32.1. The van der Waals surface area contributed by atoms with E-state index < -0.39 is 6.04 Å². The van der Waals surface area contributed by atoms with Crippen molar-refractivity contribution in [2.24, 2.45) is 0 Å². The molecule has 0 radical (unpaired) electrons. The number of aromatic nitrogens is 2. The van der Waals surface area contributed by atoms with Crippen LogP contribution in [0.2, 0.25) is 0 Å². The molecule has 3 aromatic heterocycles. The SMILES string of the molecule is O=C(N[C@H](C(=O)N1CCC[C@H]1c1ncc(-c2ccc(-c3ccc(-c4cnc([C@@H]5CCCN5C(=O)Cc5ccccc5)s4)cc3)cc2)s1)c1ccccc1)c1cccs1. The number of thiazole rings is 2. The third kappa shape index (κ3) is 8.02. The summed E-state index contributed by atoms with van der Waals surface area (Å²) in [5, 5.41) is 6.78. The minimum atomic E-state index is -0.790. The summed E-state index contributed by atoms with van der Waals surface area (Å²) in [6.07, 6.45) is 7.90. The first kappa shape index (κ1) is 37.8. The van der Waals surface area contributed by atoms with E-state index in [9.17, 15) is 14.4 Å². The second-order valence-corrected chi connectivity index (χ2v) is 17.7. The fourth-order valence-corrected chi connectivity index (χ4v) is 10.8. The van der Waals surface area contributed by atoms with Gasteiger partial charge < -0.3 is 15.1 Å². The highest BCUT2D eigenvalue weighted by Gasteiger charge is 2.37. The lowest BCUT2D eigenvalue weighted by atomic mass is 10.0. The molecule has 4 aromatic carbocycles. The molecule has 11 heteroatoms. The Balaban J connectivity index is 0.856. The second-order valence-electron chi connectivity index (χ2n) is 14.7. The molecule has 2 aliphatic rings. The number of rotatable bonds is 11. The average molecular weight is 820 g/mol. The molecule has 5 heterocycles. The lowest BCUT2D eigenvalue weighted by Crippen LogP contribution is -2.42. The predicted octanol–water partition coefficient (Wildman–Crippen LogP) is 10.4. The van der Waals surface area contributed by atoms with Gasteiger partial charge in [-0.2, -0.15) is 0 Å². The van der Waals surface area contributed by atoms with Crippen molar-refractivity contribution in [3.8, 4) is 32.0 Å². The molecule has 2 aliphatic heterocycles. The molecule has 8 nitrogen and oxygen atoms in total. The van der Waals surface area contributed by atoms with Gasteiger partial charge in [-0.25, -0.2) is 9.97 Å². The predicted molar refractivity (Wildman–Crippen MR) is 233 cm³/mol. The Hall–Kier alpha value is -5.75. The lowest BCUT2D eigenvalue weighted by Gasteiger charge is -2.28. The molecule has 3 atom stereocenters. The smallest absolute Gasteiger partial charge is 0.262 e. The Morgan fingerprint density at radius 1 is 0.638 bits per heavy atom. The van der Waals surface area contributed by atoms with E-state index in [-0.39, 0.29) is 29.8 Å². The first-order valence-electron chi connectivity index (χ1n) is 19.6. The molecule has 58 heavy (non-hydrogen) atoms. The summed E-state index contributed by atoms with van der Waals surface area (Å²) in [7, 11) is 0. The minimum absolute atomic E-state index is 0.0323. The van der Waals surface area contributed by atoms with Crippen molar-refractivity contribution in [3.63, 3.8) is 0 Å². The maximum absolute atomic E-state index is 14.2. The van der Waals surface area contributed by atoms with Gasteiger partial charge in [0, 0.05) is 25.5 Å². The van der Waals surface area contributed by atoms with Crippen LogP contribution in [0.4, 0.5) is 0 Å². The molecule has 2 saturated heterocycles. The molecule has 290 valence electrons. The molecule has 0 saturated carbocycles. The van der Waals surface area contributed by atoms with E-state index in [1.165, 1.54) is 11.3 Å². The number of carbonyl (C=O) groups is 3. The van der Waals surface area contributed by atoms with Gasteiger partial charge in [-0.15, -0.1) is 34.0 Å². The molecule has 0 bridgehead atoms. The average Bonchev–Trinajstić information content (AvgIpc) is 4.13. The molecule has 1 N–H and O–H groups in total. The summed E-state index contributed by atoms with van der Waals surface area (Å²) in [4.78, 5) is 56.8. The number of thiophene rings is 1. The van der Waals surface area contributed by atoms with Crippen LogP contribution in [0.25, 0.3) is 32.0 Å². The van der Waals surface area contributed by atoms with Crippen molar-refractivity contribution in [1.29, 1.82) is 0 Å². The summed E-state index contributed by atoms with van der Waals surface area (Å²) in [5.41, 5.74) is 6.23. The van der Waals surface area contributed by atoms with Crippen molar-refractivity contribution < 1.29 is 14.4 Å². The van der Waals surface area contributed by atoms with Crippen LogP contribution < -0.4 is 5.32 Å². The monoisotopic (exact) mass is 819 g/mol. The highest BCUT2D eigenvalue weighted by molar-refractivity contribution is 7.15. The fourth-order valence-electron chi connectivity index (χ4n) is 7.99. The molecular formula is C47H41N5O3S3. The van der Waals surface area contributed by atoms with Gasteiger partial charge in [0.2, 0.25) is 11.8 Å². The number of likely N-dealkylation sites (tertiary alicyclic amines) is 2. The lowest BCUT2D eigenvalue weighted by molar-refractivity contribution is -0.134. The number of amides is 3. The molecule has 0 spiro atoms. The number of hydrogen-bond donors (Lipinski definition) is 1. The van der Waals surface area contributed by atoms with Crippen molar-refractivity contribution in [2.45, 2.75) is 50.2 Å². The number of nitrogens with one attached hydrogen (secondary N) is 1.